The summed E-state index contributed by atoms with van der Waals surface area (Å²) >= 11 is 0. The molecule has 0 atom stereocenters. The number of nitriles is 1. The van der Waals surface area contributed by atoms with E-state index in [0.29, 0.717) is 22.6 Å². The molecule has 0 spiro atoms. The van der Waals surface area contributed by atoms with Crippen molar-refractivity contribution in [2.45, 2.75) is 0 Å². The number of aromatic amines is 1. The zero-order valence-corrected chi connectivity index (χ0v) is 9.54. The lowest BCUT2D eigenvalue weighted by Crippen LogP contribution is -1.95. The van der Waals surface area contributed by atoms with E-state index in [2.05, 4.69) is 20.3 Å². The number of hydrogen-bond donors (Lipinski definition) is 2. The summed E-state index contributed by atoms with van der Waals surface area (Å²) in [7, 11) is 0. The quantitative estimate of drug-likeness (QED) is 0.717. The number of anilines is 2. The standard InChI is InChI=1S/C12H7N5O2/c13-5-8-4-11(15-6-14-8)16-7-1-2-10-9(3-7)17-12(18)19-10/h1-4,6H,(H,17,18)(H,14,15,16). The van der Waals surface area contributed by atoms with Crippen LogP contribution in [-0.4, -0.2) is 15.0 Å². The molecule has 3 aromatic rings. The highest BCUT2D eigenvalue weighted by atomic mass is 16.4. The highest BCUT2D eigenvalue weighted by Crippen LogP contribution is 2.19. The van der Waals surface area contributed by atoms with Crippen LogP contribution in [-0.2, 0) is 0 Å². The van der Waals surface area contributed by atoms with E-state index in [0.717, 1.165) is 0 Å². The molecule has 0 amide bonds. The van der Waals surface area contributed by atoms with Gasteiger partial charge in [0.2, 0.25) is 0 Å². The van der Waals surface area contributed by atoms with E-state index in [1.54, 1.807) is 18.2 Å². The Morgan fingerprint density at radius 1 is 1.32 bits per heavy atom. The number of nitrogens with one attached hydrogen (secondary N) is 2. The molecule has 1 aromatic carbocycles. The molecule has 0 aliphatic heterocycles. The van der Waals surface area contributed by atoms with Crippen LogP contribution in [0.3, 0.4) is 0 Å². The molecule has 0 radical (unpaired) electrons. The molecule has 0 saturated carbocycles. The molecule has 3 rings (SSSR count). The second-order valence-electron chi connectivity index (χ2n) is 3.75. The van der Waals surface area contributed by atoms with E-state index in [1.165, 1.54) is 12.4 Å². The van der Waals surface area contributed by atoms with Crippen molar-refractivity contribution in [2.24, 2.45) is 0 Å². The predicted octanol–water partition coefficient (Wildman–Crippen LogP) is 1.53. The maximum atomic E-state index is 11.0. The van der Waals surface area contributed by atoms with Crippen LogP contribution in [0, 0.1) is 11.3 Å². The van der Waals surface area contributed by atoms with Crippen molar-refractivity contribution in [1.82, 2.24) is 15.0 Å². The average molecular weight is 253 g/mol. The van der Waals surface area contributed by atoms with Crippen molar-refractivity contribution in [1.29, 1.82) is 5.26 Å². The van der Waals surface area contributed by atoms with Crippen molar-refractivity contribution in [3.8, 4) is 6.07 Å². The lowest BCUT2D eigenvalue weighted by Gasteiger charge is -2.04. The molecular formula is C12H7N5O2. The van der Waals surface area contributed by atoms with Crippen LogP contribution in [0.25, 0.3) is 11.1 Å². The summed E-state index contributed by atoms with van der Waals surface area (Å²) in [5, 5.41) is 11.8. The molecule has 2 aromatic heterocycles. The first-order valence-electron chi connectivity index (χ1n) is 5.36. The van der Waals surface area contributed by atoms with Gasteiger partial charge in [0, 0.05) is 11.8 Å². The number of oxazole rings is 1. The van der Waals surface area contributed by atoms with E-state index in [-0.39, 0.29) is 5.69 Å². The van der Waals surface area contributed by atoms with Crippen molar-refractivity contribution in [2.75, 3.05) is 5.32 Å². The average Bonchev–Trinajstić information content (AvgIpc) is 2.78. The topological polar surface area (TPSA) is 108 Å². The van der Waals surface area contributed by atoms with Gasteiger partial charge in [-0.3, -0.25) is 4.98 Å². The normalized spacial score (nSPS) is 10.3. The van der Waals surface area contributed by atoms with Gasteiger partial charge < -0.3 is 9.73 Å². The molecule has 2 heterocycles. The van der Waals surface area contributed by atoms with Gasteiger partial charge in [-0.25, -0.2) is 14.8 Å². The van der Waals surface area contributed by atoms with E-state index in [4.69, 9.17) is 9.68 Å². The van der Waals surface area contributed by atoms with E-state index in [1.807, 2.05) is 6.07 Å². The Hall–Kier alpha value is -3.14. The van der Waals surface area contributed by atoms with Gasteiger partial charge in [0.1, 0.15) is 23.9 Å². The van der Waals surface area contributed by atoms with Crippen LogP contribution in [0.1, 0.15) is 5.69 Å². The molecule has 0 aliphatic carbocycles. The Morgan fingerprint density at radius 3 is 3.05 bits per heavy atom. The maximum Gasteiger partial charge on any atom is 0.417 e. The van der Waals surface area contributed by atoms with Crippen molar-refractivity contribution in [3.05, 3.63) is 46.8 Å². The summed E-state index contributed by atoms with van der Waals surface area (Å²) in [6.45, 7) is 0. The van der Waals surface area contributed by atoms with E-state index >= 15 is 0 Å². The molecule has 0 saturated heterocycles. The fourth-order valence-electron chi connectivity index (χ4n) is 1.66. The number of H-pyrrole nitrogens is 1. The number of benzene rings is 1. The van der Waals surface area contributed by atoms with Gasteiger partial charge in [-0.1, -0.05) is 0 Å². The van der Waals surface area contributed by atoms with Gasteiger partial charge in [0.05, 0.1) is 5.52 Å². The lowest BCUT2D eigenvalue weighted by molar-refractivity contribution is 0.555. The van der Waals surface area contributed by atoms with Gasteiger partial charge in [-0.2, -0.15) is 5.26 Å². The van der Waals surface area contributed by atoms with Crippen LogP contribution in [0.4, 0.5) is 11.5 Å². The summed E-state index contributed by atoms with van der Waals surface area (Å²) in [5.41, 5.74) is 2.06. The largest absolute Gasteiger partial charge is 0.417 e. The summed E-state index contributed by atoms with van der Waals surface area (Å²) < 4.78 is 4.90. The molecule has 0 bridgehead atoms. The smallest absolute Gasteiger partial charge is 0.408 e. The van der Waals surface area contributed by atoms with Crippen molar-refractivity contribution < 1.29 is 4.42 Å². The second-order valence-corrected chi connectivity index (χ2v) is 3.75. The molecule has 92 valence electrons. The number of fused-ring (bicyclic) bond motifs is 1. The zero-order chi connectivity index (χ0) is 13.2. The molecule has 0 unspecified atom stereocenters. The number of rotatable bonds is 2. The Morgan fingerprint density at radius 2 is 2.21 bits per heavy atom. The minimum absolute atomic E-state index is 0.273. The van der Waals surface area contributed by atoms with Crippen molar-refractivity contribution >= 4 is 22.6 Å². The van der Waals surface area contributed by atoms with Crippen molar-refractivity contribution in [3.63, 3.8) is 0 Å². The minimum Gasteiger partial charge on any atom is -0.408 e. The van der Waals surface area contributed by atoms with Crippen LogP contribution in [0.15, 0.2) is 39.8 Å². The summed E-state index contributed by atoms with van der Waals surface area (Å²) in [4.78, 5) is 21.4. The fourth-order valence-corrected chi connectivity index (χ4v) is 1.66. The Balaban J connectivity index is 1.96. The summed E-state index contributed by atoms with van der Waals surface area (Å²) in [6.07, 6.45) is 1.30. The molecule has 7 nitrogen and oxygen atoms in total. The predicted molar refractivity (Wildman–Crippen MR) is 66.9 cm³/mol. The van der Waals surface area contributed by atoms with E-state index in [9.17, 15) is 4.79 Å². The van der Waals surface area contributed by atoms with Crippen LogP contribution in [0.5, 0.6) is 0 Å². The lowest BCUT2D eigenvalue weighted by atomic mass is 10.3. The highest BCUT2D eigenvalue weighted by Gasteiger charge is 2.03. The Kier molecular flexibility index (Phi) is 2.47. The molecule has 7 heteroatoms. The first-order chi connectivity index (χ1) is 9.24. The molecule has 19 heavy (non-hydrogen) atoms. The maximum absolute atomic E-state index is 11.0. The SMILES string of the molecule is N#Cc1cc(Nc2ccc3oc(=O)[nH]c3c2)ncn1. The minimum atomic E-state index is -0.499. The monoisotopic (exact) mass is 253 g/mol. The second kappa shape index (κ2) is 4.27. The van der Waals surface area contributed by atoms with Crippen LogP contribution < -0.4 is 11.1 Å². The Labute approximate surface area is 106 Å². The third-order valence-corrected chi connectivity index (χ3v) is 2.47. The summed E-state index contributed by atoms with van der Waals surface area (Å²) in [6, 6.07) is 8.59. The third kappa shape index (κ3) is 2.14. The van der Waals surface area contributed by atoms with Gasteiger partial charge in [-0.15, -0.1) is 0 Å². The van der Waals surface area contributed by atoms with Crippen LogP contribution >= 0.6 is 0 Å². The first-order valence-corrected chi connectivity index (χ1v) is 5.36. The van der Waals surface area contributed by atoms with Gasteiger partial charge in [0.15, 0.2) is 5.58 Å². The number of aromatic nitrogens is 3. The molecular weight excluding hydrogens is 246 g/mol. The van der Waals surface area contributed by atoms with Crippen LogP contribution in [0.2, 0.25) is 0 Å². The van der Waals surface area contributed by atoms with Gasteiger partial charge >= 0.3 is 5.76 Å². The molecule has 0 fully saturated rings. The first kappa shape index (κ1) is 11.0. The van der Waals surface area contributed by atoms with Gasteiger partial charge in [-0.05, 0) is 18.2 Å². The Bertz CT molecular complexity index is 843. The molecule has 2 N–H and O–H groups in total. The highest BCUT2D eigenvalue weighted by molar-refractivity contribution is 5.78. The third-order valence-electron chi connectivity index (χ3n) is 2.47. The number of hydrogen-bond acceptors (Lipinski definition) is 6. The van der Waals surface area contributed by atoms with Gasteiger partial charge in [0.25, 0.3) is 0 Å². The van der Waals surface area contributed by atoms with E-state index < -0.39 is 5.76 Å². The summed E-state index contributed by atoms with van der Waals surface area (Å²) in [5.74, 6) is -0.00213. The zero-order valence-electron chi connectivity index (χ0n) is 9.54. The fraction of sp³-hybridized carbons (Fsp3) is 0. The number of nitrogens with zero attached hydrogens (tertiary/aromatic N) is 3. The molecule has 0 aliphatic rings.